The van der Waals surface area contributed by atoms with Crippen LogP contribution in [-0.4, -0.2) is 13.2 Å². The number of benzene rings is 2. The fourth-order valence-electron chi connectivity index (χ4n) is 2.32. The Morgan fingerprint density at radius 2 is 1.71 bits per heavy atom. The van der Waals surface area contributed by atoms with Crippen molar-refractivity contribution in [1.29, 1.82) is 0 Å². The number of hydrogen-bond acceptors (Lipinski definition) is 2. The zero-order valence-electron chi connectivity index (χ0n) is 11.5. The predicted octanol–water partition coefficient (Wildman–Crippen LogP) is 5.18. The van der Waals surface area contributed by atoms with Crippen molar-refractivity contribution >= 4 is 27.5 Å². The fourth-order valence-corrected chi connectivity index (χ4v) is 3.10. The maximum atomic E-state index is 5.92. The molecule has 0 bridgehead atoms. The van der Waals surface area contributed by atoms with Crippen LogP contribution >= 0.6 is 27.5 Å². The van der Waals surface area contributed by atoms with Crippen LogP contribution in [0.4, 0.5) is 0 Å². The van der Waals surface area contributed by atoms with Crippen molar-refractivity contribution in [3.8, 4) is 11.5 Å². The maximum absolute atomic E-state index is 5.92. The average molecular weight is 368 g/mol. The molecule has 21 heavy (non-hydrogen) atoms. The van der Waals surface area contributed by atoms with Crippen molar-refractivity contribution in [2.75, 3.05) is 13.2 Å². The Kier molecular flexibility index (Phi) is 4.71. The van der Waals surface area contributed by atoms with E-state index < -0.39 is 0 Å². The van der Waals surface area contributed by atoms with E-state index in [1.54, 1.807) is 0 Å². The molecule has 2 nitrogen and oxygen atoms in total. The molecule has 4 heteroatoms. The molecule has 0 aliphatic carbocycles. The van der Waals surface area contributed by atoms with Crippen LogP contribution < -0.4 is 9.47 Å². The van der Waals surface area contributed by atoms with E-state index in [0.717, 1.165) is 36.0 Å². The van der Waals surface area contributed by atoms with Gasteiger partial charge in [0, 0.05) is 16.3 Å². The number of ether oxygens (including phenoxy) is 2. The zero-order chi connectivity index (χ0) is 14.7. The number of halogens is 2. The highest BCUT2D eigenvalue weighted by atomic mass is 79.9. The second-order valence-corrected chi connectivity index (χ2v) is 6.60. The van der Waals surface area contributed by atoms with Gasteiger partial charge in [0.2, 0.25) is 0 Å². The van der Waals surface area contributed by atoms with Gasteiger partial charge in [-0.3, -0.25) is 0 Å². The summed E-state index contributed by atoms with van der Waals surface area (Å²) in [5.41, 5.74) is 2.43. The number of alkyl halides is 1. The summed E-state index contributed by atoms with van der Waals surface area (Å²) in [6.45, 7) is 1.43. The first kappa shape index (κ1) is 14.7. The molecule has 110 valence electrons. The molecule has 1 unspecified atom stereocenters. The monoisotopic (exact) mass is 366 g/mol. The van der Waals surface area contributed by atoms with Gasteiger partial charge in [-0.2, -0.15) is 0 Å². The van der Waals surface area contributed by atoms with E-state index >= 15 is 0 Å². The van der Waals surface area contributed by atoms with Crippen LogP contribution in [0.2, 0.25) is 5.02 Å². The molecule has 1 aliphatic rings. The lowest BCUT2D eigenvalue weighted by molar-refractivity contribution is 0.297. The van der Waals surface area contributed by atoms with Crippen LogP contribution in [0.3, 0.4) is 0 Å². The van der Waals surface area contributed by atoms with Gasteiger partial charge in [0.1, 0.15) is 0 Å². The van der Waals surface area contributed by atoms with Crippen molar-refractivity contribution in [1.82, 2.24) is 0 Å². The SMILES string of the molecule is Clc1ccc(CC(Br)c2ccc3c(c2)OCCCO3)cc1. The summed E-state index contributed by atoms with van der Waals surface area (Å²) in [5.74, 6) is 1.67. The van der Waals surface area contributed by atoms with Crippen molar-refractivity contribution in [2.24, 2.45) is 0 Å². The van der Waals surface area contributed by atoms with Gasteiger partial charge in [-0.15, -0.1) is 0 Å². The summed E-state index contributed by atoms with van der Waals surface area (Å²) in [5, 5.41) is 0.764. The number of rotatable bonds is 3. The van der Waals surface area contributed by atoms with Crippen LogP contribution in [0.15, 0.2) is 42.5 Å². The molecule has 1 heterocycles. The highest BCUT2D eigenvalue weighted by Gasteiger charge is 2.15. The summed E-state index contributed by atoms with van der Waals surface area (Å²) in [6.07, 6.45) is 1.82. The highest BCUT2D eigenvalue weighted by molar-refractivity contribution is 9.09. The number of fused-ring (bicyclic) bond motifs is 1. The fraction of sp³-hybridized carbons (Fsp3) is 0.294. The van der Waals surface area contributed by atoms with Gasteiger partial charge in [0.15, 0.2) is 11.5 Å². The Morgan fingerprint density at radius 1 is 1.00 bits per heavy atom. The normalized spacial score (nSPS) is 15.3. The molecule has 2 aromatic carbocycles. The molecule has 0 saturated carbocycles. The van der Waals surface area contributed by atoms with Gasteiger partial charge >= 0.3 is 0 Å². The van der Waals surface area contributed by atoms with Gasteiger partial charge in [0.05, 0.1) is 13.2 Å². The van der Waals surface area contributed by atoms with Crippen molar-refractivity contribution in [2.45, 2.75) is 17.7 Å². The Balaban J connectivity index is 1.76. The standard InChI is InChI=1S/C17H16BrClO2/c18-15(10-12-2-5-14(19)6-3-12)13-4-7-16-17(11-13)21-9-1-8-20-16/h2-7,11,15H,1,8-10H2. The third kappa shape index (κ3) is 3.72. The molecule has 2 aromatic rings. The van der Waals surface area contributed by atoms with Gasteiger partial charge in [-0.1, -0.05) is 45.7 Å². The largest absolute Gasteiger partial charge is 0.490 e. The first-order chi connectivity index (χ1) is 10.2. The smallest absolute Gasteiger partial charge is 0.161 e. The molecule has 0 aromatic heterocycles. The second-order valence-electron chi connectivity index (χ2n) is 5.05. The molecule has 1 atom stereocenters. The number of hydrogen-bond donors (Lipinski definition) is 0. The summed E-state index contributed by atoms with van der Waals surface area (Å²) >= 11 is 9.68. The lowest BCUT2D eigenvalue weighted by atomic mass is 10.0. The first-order valence-corrected chi connectivity index (χ1v) is 8.30. The molecule has 0 fully saturated rings. The third-order valence-corrected chi connectivity index (χ3v) is 4.57. The Labute approximate surface area is 138 Å². The topological polar surface area (TPSA) is 18.5 Å². The Bertz CT molecular complexity index is 613. The van der Waals surface area contributed by atoms with E-state index in [9.17, 15) is 0 Å². The summed E-state index contributed by atoms with van der Waals surface area (Å²) in [6, 6.07) is 14.1. The average Bonchev–Trinajstić information content (AvgIpc) is 2.74. The van der Waals surface area contributed by atoms with Crippen molar-refractivity contribution in [3.05, 3.63) is 58.6 Å². The molecular formula is C17H16BrClO2. The van der Waals surface area contributed by atoms with E-state index in [1.165, 1.54) is 11.1 Å². The van der Waals surface area contributed by atoms with Gasteiger partial charge in [0.25, 0.3) is 0 Å². The minimum Gasteiger partial charge on any atom is -0.490 e. The van der Waals surface area contributed by atoms with Crippen LogP contribution in [0.1, 0.15) is 22.4 Å². The molecule has 0 N–H and O–H groups in total. The summed E-state index contributed by atoms with van der Waals surface area (Å²) < 4.78 is 11.4. The second kappa shape index (κ2) is 6.71. The van der Waals surface area contributed by atoms with Crippen molar-refractivity contribution in [3.63, 3.8) is 0 Å². The van der Waals surface area contributed by atoms with Crippen LogP contribution in [-0.2, 0) is 6.42 Å². The molecule has 1 aliphatic heterocycles. The van der Waals surface area contributed by atoms with Crippen LogP contribution in [0, 0.1) is 0 Å². The summed E-state index contributed by atoms with van der Waals surface area (Å²) in [4.78, 5) is 0.232. The van der Waals surface area contributed by atoms with E-state index in [4.69, 9.17) is 21.1 Å². The van der Waals surface area contributed by atoms with Crippen molar-refractivity contribution < 1.29 is 9.47 Å². The van der Waals surface area contributed by atoms with E-state index in [2.05, 4.69) is 40.2 Å². The zero-order valence-corrected chi connectivity index (χ0v) is 13.9. The summed E-state index contributed by atoms with van der Waals surface area (Å²) in [7, 11) is 0. The Morgan fingerprint density at radius 3 is 2.48 bits per heavy atom. The molecule has 0 radical (unpaired) electrons. The predicted molar refractivity (Wildman–Crippen MR) is 88.9 cm³/mol. The first-order valence-electron chi connectivity index (χ1n) is 7.00. The van der Waals surface area contributed by atoms with Gasteiger partial charge < -0.3 is 9.47 Å². The third-order valence-electron chi connectivity index (χ3n) is 3.46. The van der Waals surface area contributed by atoms with Gasteiger partial charge in [-0.05, 0) is 41.8 Å². The lowest BCUT2D eigenvalue weighted by Crippen LogP contribution is -1.98. The van der Waals surface area contributed by atoms with Crippen LogP contribution in [0.25, 0.3) is 0 Å². The lowest BCUT2D eigenvalue weighted by Gasteiger charge is -2.14. The van der Waals surface area contributed by atoms with Crippen LogP contribution in [0.5, 0.6) is 11.5 Å². The Hall–Kier alpha value is -1.19. The minimum atomic E-state index is 0.232. The molecule has 0 amide bonds. The molecule has 3 rings (SSSR count). The van der Waals surface area contributed by atoms with E-state index in [1.807, 2.05) is 18.2 Å². The minimum absolute atomic E-state index is 0.232. The molecule has 0 saturated heterocycles. The highest BCUT2D eigenvalue weighted by Crippen LogP contribution is 2.36. The maximum Gasteiger partial charge on any atom is 0.161 e. The van der Waals surface area contributed by atoms with E-state index in [0.29, 0.717) is 6.61 Å². The molecular weight excluding hydrogens is 352 g/mol. The van der Waals surface area contributed by atoms with Gasteiger partial charge in [-0.25, -0.2) is 0 Å². The van der Waals surface area contributed by atoms with E-state index in [-0.39, 0.29) is 4.83 Å². The molecule has 0 spiro atoms. The quantitative estimate of drug-likeness (QED) is 0.696.